The summed E-state index contributed by atoms with van der Waals surface area (Å²) >= 11 is 1.49. The minimum Gasteiger partial charge on any atom is -0.454 e. The maximum atomic E-state index is 12.5. The Kier molecular flexibility index (Phi) is 5.70. The molecule has 6 heteroatoms. The molecule has 0 bridgehead atoms. The van der Waals surface area contributed by atoms with E-state index in [1.54, 1.807) is 12.1 Å². The lowest BCUT2D eigenvalue weighted by Gasteiger charge is -2.20. The van der Waals surface area contributed by atoms with Crippen LogP contribution in [0.25, 0.3) is 0 Å². The fraction of sp³-hybridized carbons (Fsp3) is 0.364. The van der Waals surface area contributed by atoms with Crippen LogP contribution in [0, 0.1) is 6.92 Å². The number of Topliss-reactive ketones (excluding diaryl/α,β-unsaturated/α-hetero) is 1. The molecule has 0 saturated carbocycles. The predicted octanol–water partition coefficient (Wildman–Crippen LogP) is 4.95. The zero-order valence-electron chi connectivity index (χ0n) is 16.8. The molecule has 2 aromatic carbocycles. The molecule has 28 heavy (non-hydrogen) atoms. The van der Waals surface area contributed by atoms with Gasteiger partial charge in [0.1, 0.15) is 0 Å². The Bertz CT molecular complexity index is 931. The average molecular weight is 400 g/mol. The van der Waals surface area contributed by atoms with Crippen molar-refractivity contribution in [2.45, 2.75) is 44.9 Å². The van der Waals surface area contributed by atoms with Crippen molar-refractivity contribution < 1.29 is 19.1 Å². The molecule has 0 saturated heterocycles. The Hall–Kier alpha value is -2.47. The second-order valence-corrected chi connectivity index (χ2v) is 8.89. The van der Waals surface area contributed by atoms with E-state index in [1.807, 2.05) is 6.92 Å². The highest BCUT2D eigenvalue weighted by atomic mass is 32.2. The summed E-state index contributed by atoms with van der Waals surface area (Å²) < 4.78 is 10.7. The summed E-state index contributed by atoms with van der Waals surface area (Å²) in [5, 5.41) is 2.84. The van der Waals surface area contributed by atoms with Gasteiger partial charge in [0.05, 0.1) is 11.4 Å². The third-order valence-corrected chi connectivity index (χ3v) is 5.74. The molecule has 0 unspecified atom stereocenters. The molecule has 1 amide bonds. The van der Waals surface area contributed by atoms with Gasteiger partial charge in [0.2, 0.25) is 12.7 Å². The van der Waals surface area contributed by atoms with Crippen LogP contribution in [0.1, 0.15) is 49.2 Å². The normalized spacial score (nSPS) is 12.8. The van der Waals surface area contributed by atoms with Gasteiger partial charge in [0, 0.05) is 16.5 Å². The zero-order chi connectivity index (χ0) is 20.5. The quantitative estimate of drug-likeness (QED) is 0.569. The highest BCUT2D eigenvalue weighted by Crippen LogP contribution is 2.37. The molecular weight excluding hydrogens is 374 g/mol. The Morgan fingerprint density at radius 1 is 1.11 bits per heavy atom. The molecule has 0 atom stereocenters. The lowest BCUT2D eigenvalue weighted by Crippen LogP contribution is -2.16. The van der Waals surface area contributed by atoms with Gasteiger partial charge in [-0.05, 0) is 42.5 Å². The number of ether oxygens (including phenoxy) is 2. The summed E-state index contributed by atoms with van der Waals surface area (Å²) in [4.78, 5) is 25.6. The Labute approximate surface area is 169 Å². The summed E-state index contributed by atoms with van der Waals surface area (Å²) in [6.07, 6.45) is 0. The number of fused-ring (bicyclic) bond motifs is 1. The average Bonchev–Trinajstić information content (AvgIpc) is 3.06. The number of rotatable bonds is 5. The highest BCUT2D eigenvalue weighted by Gasteiger charge is 2.21. The second-order valence-electron chi connectivity index (χ2n) is 7.87. The fourth-order valence-corrected chi connectivity index (χ4v) is 3.75. The summed E-state index contributed by atoms with van der Waals surface area (Å²) in [7, 11) is 0. The van der Waals surface area contributed by atoms with Crippen LogP contribution < -0.4 is 14.8 Å². The highest BCUT2D eigenvalue weighted by molar-refractivity contribution is 8.00. The number of carbonyl (C=O) groups is 2. The molecule has 0 aromatic heterocycles. The van der Waals surface area contributed by atoms with E-state index in [9.17, 15) is 9.59 Å². The van der Waals surface area contributed by atoms with Crippen molar-refractivity contribution in [3.63, 3.8) is 0 Å². The first-order valence-electron chi connectivity index (χ1n) is 9.13. The number of hydrogen-bond donors (Lipinski definition) is 1. The van der Waals surface area contributed by atoms with Crippen molar-refractivity contribution in [2.75, 3.05) is 17.9 Å². The Morgan fingerprint density at radius 2 is 1.79 bits per heavy atom. The van der Waals surface area contributed by atoms with Crippen molar-refractivity contribution >= 4 is 29.1 Å². The predicted molar refractivity (Wildman–Crippen MR) is 112 cm³/mol. The summed E-state index contributed by atoms with van der Waals surface area (Å²) in [6.45, 7) is 10.1. The molecule has 3 rings (SSSR count). The topological polar surface area (TPSA) is 64.6 Å². The van der Waals surface area contributed by atoms with E-state index in [0.29, 0.717) is 22.7 Å². The van der Waals surface area contributed by atoms with Gasteiger partial charge in [-0.1, -0.05) is 32.9 Å². The number of aryl methyl sites for hydroxylation is 1. The molecule has 2 aromatic rings. The molecule has 1 aliphatic rings. The smallest absolute Gasteiger partial charge is 0.234 e. The number of carbonyl (C=O) groups excluding carboxylic acids is 2. The number of anilines is 1. The SMILES string of the molecule is CC(=O)c1cc2c(cc1NC(=O)CSc1cc(C(C)(C)C)ccc1C)OCO2. The maximum Gasteiger partial charge on any atom is 0.234 e. The third-order valence-electron chi connectivity index (χ3n) is 4.58. The van der Waals surface area contributed by atoms with E-state index in [-0.39, 0.29) is 29.7 Å². The lowest BCUT2D eigenvalue weighted by molar-refractivity contribution is -0.113. The van der Waals surface area contributed by atoms with Gasteiger partial charge in [-0.25, -0.2) is 0 Å². The maximum absolute atomic E-state index is 12.5. The van der Waals surface area contributed by atoms with Crippen LogP contribution in [0.5, 0.6) is 11.5 Å². The number of ketones is 1. The van der Waals surface area contributed by atoms with Gasteiger partial charge in [-0.15, -0.1) is 11.8 Å². The Morgan fingerprint density at radius 3 is 2.43 bits per heavy atom. The minimum absolute atomic E-state index is 0.0497. The van der Waals surface area contributed by atoms with E-state index >= 15 is 0 Å². The monoisotopic (exact) mass is 399 g/mol. The van der Waals surface area contributed by atoms with E-state index < -0.39 is 0 Å². The lowest BCUT2D eigenvalue weighted by atomic mass is 9.87. The van der Waals surface area contributed by atoms with Gasteiger partial charge in [0.25, 0.3) is 0 Å². The molecule has 5 nitrogen and oxygen atoms in total. The van der Waals surface area contributed by atoms with Gasteiger partial charge in [-0.2, -0.15) is 0 Å². The van der Waals surface area contributed by atoms with Crippen LogP contribution in [0.2, 0.25) is 0 Å². The number of benzene rings is 2. The van der Waals surface area contributed by atoms with Gasteiger partial charge < -0.3 is 14.8 Å². The number of hydrogen-bond acceptors (Lipinski definition) is 5. The molecule has 148 valence electrons. The van der Waals surface area contributed by atoms with E-state index in [0.717, 1.165) is 10.5 Å². The van der Waals surface area contributed by atoms with Crippen molar-refractivity contribution in [3.8, 4) is 11.5 Å². The standard InChI is InChI=1S/C22H25NO4S/c1-13-6-7-15(22(3,4)5)8-20(13)28-11-21(25)23-17-10-19-18(26-12-27-19)9-16(17)14(2)24/h6-10H,11-12H2,1-5H3,(H,23,25). The number of thioether (sulfide) groups is 1. The van der Waals surface area contributed by atoms with E-state index in [1.165, 1.54) is 24.2 Å². The van der Waals surface area contributed by atoms with Crippen molar-refractivity contribution in [1.29, 1.82) is 0 Å². The van der Waals surface area contributed by atoms with Crippen LogP contribution in [0.15, 0.2) is 35.2 Å². The molecule has 1 N–H and O–H groups in total. The van der Waals surface area contributed by atoms with Crippen LogP contribution in [-0.4, -0.2) is 24.2 Å². The third kappa shape index (κ3) is 4.50. The van der Waals surface area contributed by atoms with Crippen molar-refractivity contribution in [2.24, 2.45) is 0 Å². The fourth-order valence-electron chi connectivity index (χ4n) is 2.89. The van der Waals surface area contributed by atoms with E-state index in [2.05, 4.69) is 44.3 Å². The largest absolute Gasteiger partial charge is 0.454 e. The van der Waals surface area contributed by atoms with Gasteiger partial charge >= 0.3 is 0 Å². The molecule has 0 aliphatic carbocycles. The van der Waals surface area contributed by atoms with Crippen LogP contribution >= 0.6 is 11.8 Å². The molecule has 0 fully saturated rings. The second kappa shape index (κ2) is 7.87. The first-order valence-corrected chi connectivity index (χ1v) is 10.1. The summed E-state index contributed by atoms with van der Waals surface area (Å²) in [6, 6.07) is 9.63. The molecule has 1 aliphatic heterocycles. The van der Waals surface area contributed by atoms with Crippen LogP contribution in [0.4, 0.5) is 5.69 Å². The Balaban J connectivity index is 1.73. The van der Waals surface area contributed by atoms with Crippen LogP contribution in [0.3, 0.4) is 0 Å². The molecular formula is C22H25NO4S. The van der Waals surface area contributed by atoms with E-state index in [4.69, 9.17) is 9.47 Å². The molecule has 0 spiro atoms. The first-order chi connectivity index (χ1) is 13.1. The summed E-state index contributed by atoms with van der Waals surface area (Å²) in [5.41, 5.74) is 3.28. The van der Waals surface area contributed by atoms with Crippen molar-refractivity contribution in [3.05, 3.63) is 47.0 Å². The number of nitrogens with one attached hydrogen (secondary N) is 1. The van der Waals surface area contributed by atoms with Gasteiger partial charge in [-0.3, -0.25) is 9.59 Å². The molecule has 0 radical (unpaired) electrons. The summed E-state index contributed by atoms with van der Waals surface area (Å²) in [5.74, 6) is 0.982. The van der Waals surface area contributed by atoms with Gasteiger partial charge in [0.15, 0.2) is 17.3 Å². The molecule has 1 heterocycles. The van der Waals surface area contributed by atoms with Crippen LogP contribution in [-0.2, 0) is 10.2 Å². The first kappa shape index (κ1) is 20.3. The zero-order valence-corrected chi connectivity index (χ0v) is 17.7. The minimum atomic E-state index is -0.174. The van der Waals surface area contributed by atoms with Crippen molar-refractivity contribution in [1.82, 2.24) is 0 Å². The number of amides is 1.